The molecule has 2 nitrogen and oxygen atoms in total. The maximum absolute atomic E-state index is 15.5. The molecule has 0 spiro atoms. The van der Waals surface area contributed by atoms with Gasteiger partial charge in [0.05, 0.1) is 0 Å². The minimum Gasteiger partial charge on any atom is -0.397 e. The molecule has 0 atom stereocenters. The molecule has 26 heteroatoms. The van der Waals surface area contributed by atoms with Crippen molar-refractivity contribution in [3.05, 3.63) is 90.5 Å². The van der Waals surface area contributed by atoms with Gasteiger partial charge >= 0.3 is 71.4 Å². The highest BCUT2D eigenvalue weighted by molar-refractivity contribution is 8.30. The first kappa shape index (κ1) is 52.2. The quantitative estimate of drug-likeness (QED) is 0.0884. The Bertz CT molecular complexity index is 1940. The van der Waals surface area contributed by atoms with Crippen LogP contribution in [0.25, 0.3) is 0 Å². The van der Waals surface area contributed by atoms with E-state index >= 15 is 17.6 Å². The smallest absolute Gasteiger partial charge is 0.397 e. The van der Waals surface area contributed by atoms with E-state index in [-0.39, 0.29) is 0 Å². The molecule has 62 heavy (non-hydrogen) atoms. The lowest BCUT2D eigenvalue weighted by atomic mass is 9.85. The summed E-state index contributed by atoms with van der Waals surface area (Å²) in [7, 11) is -4.38. The molecule has 0 bridgehead atoms. The number of hydrogen-bond donors (Lipinski definition) is 0. The molecule has 0 radical (unpaired) electrons. The first-order valence-electron chi connectivity index (χ1n) is 17.0. The summed E-state index contributed by atoms with van der Waals surface area (Å²) >= 11 is 0. The van der Waals surface area contributed by atoms with Gasteiger partial charge in [-0.2, -0.15) is 101 Å². The lowest BCUT2D eigenvalue weighted by Crippen LogP contribution is -2.78. The summed E-state index contributed by atoms with van der Waals surface area (Å²) in [4.78, 5) is 11.8. The standard InChI is InChI=1S/C36H27F23O2S/c1-2-3-4-7-12-21-17-19-24(20-18-21)62(22-13-8-5-9-14-22,23-15-10-6-11-16-23)61-25(60)26(37,38)27(39,40)28(41,42)29(43,44)30(45,46)31(47,48)32(49,50)33(51,52)34(53,54)35(55,56)36(57,58)59/h5-6,8-11,13-20H,2-4,7,12H2,1H3. The van der Waals surface area contributed by atoms with Crippen LogP contribution >= 0.6 is 10.3 Å². The number of aryl methyl sites for hydroxylation is 1. The van der Waals surface area contributed by atoms with Crippen molar-refractivity contribution in [3.8, 4) is 0 Å². The highest BCUT2D eigenvalue weighted by Crippen LogP contribution is 2.71. The second-order valence-corrected chi connectivity index (χ2v) is 15.9. The summed E-state index contributed by atoms with van der Waals surface area (Å²) < 4.78 is 329. The summed E-state index contributed by atoms with van der Waals surface area (Å²) in [5, 5.41) is 0. The second kappa shape index (κ2) is 16.8. The van der Waals surface area contributed by atoms with E-state index in [0.29, 0.717) is 18.4 Å². The summed E-state index contributed by atoms with van der Waals surface area (Å²) in [5.74, 6) is -94.5. The predicted octanol–water partition coefficient (Wildman–Crippen LogP) is 14.5. The van der Waals surface area contributed by atoms with Gasteiger partial charge in [-0.1, -0.05) is 74.7 Å². The number of unbranched alkanes of at least 4 members (excludes halogenated alkanes) is 3. The highest BCUT2D eigenvalue weighted by Gasteiger charge is 2.99. The Morgan fingerprint density at radius 1 is 0.419 bits per heavy atom. The number of rotatable bonds is 19. The Hall–Kier alpha value is -4.13. The number of halogens is 23. The molecule has 350 valence electrons. The molecule has 0 aliphatic heterocycles. The monoisotopic (exact) mass is 960 g/mol. The molecule has 3 aromatic rings. The molecular formula is C36H27F23O2S. The van der Waals surface area contributed by atoms with Gasteiger partial charge in [-0.25, -0.2) is 4.79 Å². The van der Waals surface area contributed by atoms with Gasteiger partial charge in [-0.15, -0.1) is 0 Å². The van der Waals surface area contributed by atoms with Crippen molar-refractivity contribution >= 4 is 16.3 Å². The number of carbonyl (C=O) groups is 1. The third-order valence-corrected chi connectivity index (χ3v) is 12.3. The minimum absolute atomic E-state index is 0.363. The first-order chi connectivity index (χ1) is 27.9. The van der Waals surface area contributed by atoms with Gasteiger partial charge in [0.25, 0.3) is 0 Å². The Morgan fingerprint density at radius 3 is 1.08 bits per heavy atom. The molecule has 0 aromatic heterocycles. The van der Waals surface area contributed by atoms with E-state index < -0.39 is 96.4 Å². The summed E-state index contributed by atoms with van der Waals surface area (Å²) in [6.07, 6.45) is -4.86. The molecule has 0 saturated carbocycles. The van der Waals surface area contributed by atoms with Crippen molar-refractivity contribution in [2.45, 2.75) is 119 Å². The third-order valence-electron chi connectivity index (χ3n) is 9.09. The van der Waals surface area contributed by atoms with Crippen molar-refractivity contribution in [2.24, 2.45) is 0 Å². The Balaban J connectivity index is 2.22. The summed E-state index contributed by atoms with van der Waals surface area (Å²) in [6.45, 7) is 1.89. The molecule has 0 saturated heterocycles. The van der Waals surface area contributed by atoms with Crippen LogP contribution in [0, 0.1) is 0 Å². The lowest BCUT2D eigenvalue weighted by Gasteiger charge is -2.45. The highest BCUT2D eigenvalue weighted by atomic mass is 32.3. The lowest BCUT2D eigenvalue weighted by molar-refractivity contribution is -0.477. The van der Waals surface area contributed by atoms with E-state index in [0.717, 1.165) is 79.9 Å². The normalized spacial score (nSPS) is 15.1. The van der Waals surface area contributed by atoms with Crippen LogP contribution in [-0.4, -0.2) is 71.4 Å². The SMILES string of the molecule is CCCCCCc1ccc(S(OC(=O)C(F)(F)C(F)(F)C(F)(F)C(F)(F)C(F)(F)C(F)(F)C(F)(F)C(F)(F)C(F)(F)C(F)(F)C(F)(F)F)(c2ccccc2)c2ccccc2)cc1. The Morgan fingerprint density at radius 2 is 0.742 bits per heavy atom. The zero-order valence-electron chi connectivity index (χ0n) is 30.5. The maximum Gasteiger partial charge on any atom is 0.460 e. The zero-order valence-corrected chi connectivity index (χ0v) is 31.4. The molecule has 0 amide bonds. The van der Waals surface area contributed by atoms with Crippen LogP contribution in [0.15, 0.2) is 99.6 Å². The first-order valence-corrected chi connectivity index (χ1v) is 18.5. The van der Waals surface area contributed by atoms with Crippen LogP contribution in [-0.2, 0) is 15.4 Å². The van der Waals surface area contributed by atoms with Gasteiger partial charge in [0.15, 0.2) is 0 Å². The molecule has 3 aromatic carbocycles. The van der Waals surface area contributed by atoms with Gasteiger partial charge in [-0.05, 0) is 65.1 Å². The van der Waals surface area contributed by atoms with Crippen LogP contribution in [0.2, 0.25) is 0 Å². The van der Waals surface area contributed by atoms with Crippen molar-refractivity contribution in [2.75, 3.05) is 0 Å². The molecular weight excluding hydrogens is 933 g/mol. The fourth-order valence-electron chi connectivity index (χ4n) is 5.43. The van der Waals surface area contributed by atoms with Crippen LogP contribution in [0.5, 0.6) is 0 Å². The molecule has 3 rings (SSSR count). The van der Waals surface area contributed by atoms with Crippen LogP contribution in [0.1, 0.15) is 38.2 Å². The van der Waals surface area contributed by atoms with Crippen molar-refractivity contribution < 1.29 is 110 Å². The molecule has 0 fully saturated rings. The number of hydrogen-bond acceptors (Lipinski definition) is 2. The fraction of sp³-hybridized carbons (Fsp3) is 0.472. The van der Waals surface area contributed by atoms with Crippen molar-refractivity contribution in [3.63, 3.8) is 0 Å². The fourth-order valence-corrected chi connectivity index (χ4v) is 8.47. The van der Waals surface area contributed by atoms with E-state index in [1.807, 2.05) is 6.92 Å². The average molecular weight is 961 g/mol. The van der Waals surface area contributed by atoms with Gasteiger partial charge in [0.2, 0.25) is 0 Å². The van der Waals surface area contributed by atoms with Crippen LogP contribution < -0.4 is 0 Å². The van der Waals surface area contributed by atoms with E-state index in [1.54, 1.807) is 0 Å². The topological polar surface area (TPSA) is 26.3 Å². The molecule has 0 unspecified atom stereocenters. The average Bonchev–Trinajstić information content (AvgIpc) is 3.18. The Labute approximate surface area is 335 Å². The number of benzene rings is 3. The molecule has 0 heterocycles. The summed E-state index contributed by atoms with van der Waals surface area (Å²) in [6, 6.07) is 15.5. The Kier molecular flexibility index (Phi) is 14.1. The maximum atomic E-state index is 15.5. The second-order valence-electron chi connectivity index (χ2n) is 13.2. The zero-order chi connectivity index (χ0) is 48.0. The summed E-state index contributed by atoms with van der Waals surface area (Å²) in [5.41, 5.74) is 0.517. The van der Waals surface area contributed by atoms with Gasteiger partial charge in [0, 0.05) is 14.7 Å². The van der Waals surface area contributed by atoms with Gasteiger partial charge < -0.3 is 4.18 Å². The molecule has 0 aliphatic rings. The van der Waals surface area contributed by atoms with Crippen molar-refractivity contribution in [1.29, 1.82) is 0 Å². The van der Waals surface area contributed by atoms with E-state index in [4.69, 9.17) is 4.18 Å². The van der Waals surface area contributed by atoms with Crippen molar-refractivity contribution in [1.82, 2.24) is 0 Å². The molecule has 0 N–H and O–H groups in total. The van der Waals surface area contributed by atoms with E-state index in [9.17, 15) is 88.2 Å². The third kappa shape index (κ3) is 7.80. The molecule has 0 aliphatic carbocycles. The van der Waals surface area contributed by atoms with Gasteiger partial charge in [0.1, 0.15) is 0 Å². The largest absolute Gasteiger partial charge is 0.460 e. The number of carbonyl (C=O) groups excluding carboxylic acids is 1. The number of alkyl halides is 23. The van der Waals surface area contributed by atoms with E-state index in [2.05, 4.69) is 0 Å². The van der Waals surface area contributed by atoms with Crippen LogP contribution in [0.3, 0.4) is 0 Å². The predicted molar refractivity (Wildman–Crippen MR) is 171 cm³/mol. The minimum atomic E-state index is -9.56. The van der Waals surface area contributed by atoms with E-state index in [1.165, 1.54) is 24.3 Å². The van der Waals surface area contributed by atoms with Crippen LogP contribution in [0.4, 0.5) is 101 Å². The van der Waals surface area contributed by atoms with Gasteiger partial charge in [-0.3, -0.25) is 0 Å².